The Balaban J connectivity index is 2.20. The van der Waals surface area contributed by atoms with Crippen LogP contribution in [0.2, 0.25) is 0 Å². The lowest BCUT2D eigenvalue weighted by atomic mass is 10.1. The molecule has 1 aliphatic heterocycles. The Hall–Kier alpha value is -0.0100. The summed E-state index contributed by atoms with van der Waals surface area (Å²) < 4.78 is 0. The molecule has 1 nitrogen and oxygen atoms in total. The van der Waals surface area contributed by atoms with Crippen LogP contribution in [0.3, 0.4) is 0 Å². The van der Waals surface area contributed by atoms with E-state index in [1.165, 1.54) is 45.2 Å². The highest BCUT2D eigenvalue weighted by molar-refractivity contribution is 6.25. The molecule has 0 unspecified atom stereocenters. The van der Waals surface area contributed by atoms with Crippen molar-refractivity contribution in [2.24, 2.45) is 0 Å². The Morgan fingerprint density at radius 3 is 2.17 bits per heavy atom. The smallest absolute Gasteiger partial charge is 0.0174 e. The molecule has 12 heavy (non-hydrogen) atoms. The normalized spacial score (nSPS) is 22.4. The van der Waals surface area contributed by atoms with Gasteiger partial charge in [0.25, 0.3) is 0 Å². The summed E-state index contributed by atoms with van der Waals surface area (Å²) in [5, 5.41) is 0. The van der Waals surface area contributed by atoms with E-state index in [0.717, 1.165) is 6.54 Å². The molecule has 0 aromatic heterocycles. The largest absolute Gasteiger partial charge is 0.300 e. The fourth-order valence-corrected chi connectivity index (χ4v) is 1.76. The van der Waals surface area contributed by atoms with Crippen LogP contribution in [0.25, 0.3) is 0 Å². The van der Waals surface area contributed by atoms with Gasteiger partial charge in [-0.05, 0) is 25.9 Å². The topological polar surface area (TPSA) is 3.24 Å². The zero-order valence-electron chi connectivity index (χ0n) is 7.64. The summed E-state index contributed by atoms with van der Waals surface area (Å²) in [5.74, 6) is 0. The number of likely N-dealkylation sites (tertiary alicyclic amines) is 1. The monoisotopic (exact) mass is 187 g/mol. The van der Waals surface area contributed by atoms with E-state index in [4.69, 9.17) is 11.6 Å². The molecule has 0 aromatic carbocycles. The van der Waals surface area contributed by atoms with E-state index in [0.29, 0.717) is 0 Å². The highest BCUT2D eigenvalue weighted by Gasteiger charge is 2.05. The van der Waals surface area contributed by atoms with Crippen LogP contribution in [-0.4, -0.2) is 24.5 Å². The van der Waals surface area contributed by atoms with Crippen molar-refractivity contribution in [1.82, 2.24) is 4.90 Å². The van der Waals surface area contributed by atoms with E-state index < -0.39 is 0 Å². The van der Waals surface area contributed by atoms with E-state index in [2.05, 4.69) is 4.90 Å². The first-order valence-electron chi connectivity index (χ1n) is 4.91. The lowest BCUT2D eigenvalue weighted by Gasteiger charge is -2.22. The summed E-state index contributed by atoms with van der Waals surface area (Å²) in [7, 11) is 0. The number of hydrogen-bond donors (Lipinski definition) is 0. The van der Waals surface area contributed by atoms with Crippen molar-refractivity contribution in [2.75, 3.05) is 19.6 Å². The minimum absolute atomic E-state index is 1.03. The third-order valence-corrected chi connectivity index (χ3v) is 2.58. The summed E-state index contributed by atoms with van der Waals surface area (Å²) in [5.41, 5.74) is 1.62. The molecule has 0 saturated carbocycles. The first kappa shape index (κ1) is 10.1. The fraction of sp³-hybridized carbons (Fsp3) is 0.800. The van der Waals surface area contributed by atoms with Gasteiger partial charge in [-0.2, -0.15) is 0 Å². The van der Waals surface area contributed by atoms with Crippen LogP contribution in [0.1, 0.15) is 32.1 Å². The van der Waals surface area contributed by atoms with Crippen molar-refractivity contribution in [1.29, 1.82) is 0 Å². The molecule has 1 aliphatic rings. The lowest BCUT2D eigenvalue weighted by molar-refractivity contribution is 0.271. The SMILES string of the molecule is Cl/C=C/CN1CCCCCCC1. The van der Waals surface area contributed by atoms with E-state index >= 15 is 0 Å². The Bertz CT molecular complexity index is 126. The summed E-state index contributed by atoms with van der Waals surface area (Å²) in [6, 6.07) is 0. The highest BCUT2D eigenvalue weighted by Crippen LogP contribution is 2.09. The minimum atomic E-state index is 1.03. The second kappa shape index (κ2) is 6.50. The van der Waals surface area contributed by atoms with Gasteiger partial charge in [0.1, 0.15) is 0 Å². The molecular formula is C10H18ClN. The number of rotatable bonds is 2. The molecule has 1 rings (SSSR count). The molecule has 0 amide bonds. The van der Waals surface area contributed by atoms with E-state index in [1.807, 2.05) is 6.08 Å². The van der Waals surface area contributed by atoms with Crippen molar-refractivity contribution < 1.29 is 0 Å². The Morgan fingerprint density at radius 2 is 1.58 bits per heavy atom. The Kier molecular flexibility index (Phi) is 5.46. The van der Waals surface area contributed by atoms with Gasteiger partial charge in [0.15, 0.2) is 0 Å². The van der Waals surface area contributed by atoms with Crippen molar-refractivity contribution in [2.45, 2.75) is 32.1 Å². The van der Waals surface area contributed by atoms with Gasteiger partial charge in [-0.15, -0.1) is 0 Å². The second-order valence-electron chi connectivity index (χ2n) is 3.43. The summed E-state index contributed by atoms with van der Waals surface area (Å²) in [6.45, 7) is 3.53. The zero-order chi connectivity index (χ0) is 8.65. The Labute approximate surface area is 80.4 Å². The van der Waals surface area contributed by atoms with Crippen molar-refractivity contribution in [3.8, 4) is 0 Å². The van der Waals surface area contributed by atoms with E-state index in [9.17, 15) is 0 Å². The van der Waals surface area contributed by atoms with Crippen LogP contribution in [0.15, 0.2) is 11.6 Å². The maximum Gasteiger partial charge on any atom is 0.0174 e. The maximum atomic E-state index is 5.49. The molecule has 1 fully saturated rings. The first-order chi connectivity index (χ1) is 5.93. The van der Waals surface area contributed by atoms with E-state index in [-0.39, 0.29) is 0 Å². The van der Waals surface area contributed by atoms with Crippen molar-refractivity contribution in [3.05, 3.63) is 11.6 Å². The molecule has 0 atom stereocenters. The van der Waals surface area contributed by atoms with Gasteiger partial charge >= 0.3 is 0 Å². The zero-order valence-corrected chi connectivity index (χ0v) is 8.39. The van der Waals surface area contributed by atoms with Crippen LogP contribution in [0.5, 0.6) is 0 Å². The molecule has 0 N–H and O–H groups in total. The maximum absolute atomic E-state index is 5.49. The molecule has 0 radical (unpaired) electrons. The van der Waals surface area contributed by atoms with Crippen molar-refractivity contribution in [3.63, 3.8) is 0 Å². The fourth-order valence-electron chi connectivity index (χ4n) is 1.68. The predicted octanol–water partition coefficient (Wildman–Crippen LogP) is 3.01. The average Bonchev–Trinajstić information content (AvgIpc) is 2.02. The molecule has 1 heterocycles. The van der Waals surface area contributed by atoms with Crippen LogP contribution in [0, 0.1) is 0 Å². The molecule has 0 aromatic rings. The number of halogens is 1. The van der Waals surface area contributed by atoms with Gasteiger partial charge in [0, 0.05) is 12.1 Å². The number of hydrogen-bond acceptors (Lipinski definition) is 1. The third-order valence-electron chi connectivity index (χ3n) is 2.40. The van der Waals surface area contributed by atoms with Gasteiger partial charge in [0.2, 0.25) is 0 Å². The summed E-state index contributed by atoms with van der Waals surface area (Å²) >= 11 is 5.49. The minimum Gasteiger partial charge on any atom is -0.300 e. The van der Waals surface area contributed by atoms with Crippen LogP contribution in [-0.2, 0) is 0 Å². The Morgan fingerprint density at radius 1 is 1.00 bits per heavy atom. The van der Waals surface area contributed by atoms with Gasteiger partial charge < -0.3 is 0 Å². The van der Waals surface area contributed by atoms with Crippen LogP contribution >= 0.6 is 11.6 Å². The molecule has 1 saturated heterocycles. The van der Waals surface area contributed by atoms with Gasteiger partial charge in [-0.25, -0.2) is 0 Å². The predicted molar refractivity (Wildman–Crippen MR) is 54.5 cm³/mol. The van der Waals surface area contributed by atoms with Crippen LogP contribution < -0.4 is 0 Å². The molecule has 0 bridgehead atoms. The molecule has 70 valence electrons. The summed E-state index contributed by atoms with van der Waals surface area (Å²) in [6.07, 6.45) is 8.98. The molecule has 2 heteroatoms. The molecule has 0 aliphatic carbocycles. The van der Waals surface area contributed by atoms with Gasteiger partial charge in [0.05, 0.1) is 0 Å². The average molecular weight is 188 g/mol. The van der Waals surface area contributed by atoms with Gasteiger partial charge in [-0.1, -0.05) is 36.9 Å². The molecular weight excluding hydrogens is 170 g/mol. The lowest BCUT2D eigenvalue weighted by Crippen LogP contribution is -2.27. The summed E-state index contributed by atoms with van der Waals surface area (Å²) in [4.78, 5) is 2.48. The number of nitrogens with zero attached hydrogens (tertiary/aromatic N) is 1. The quantitative estimate of drug-likeness (QED) is 0.643. The van der Waals surface area contributed by atoms with Crippen molar-refractivity contribution >= 4 is 11.6 Å². The standard InChI is InChI=1S/C10H18ClN/c11-7-6-10-12-8-4-2-1-3-5-9-12/h6-7H,1-5,8-10H2/b7-6+. The van der Waals surface area contributed by atoms with Crippen LogP contribution in [0.4, 0.5) is 0 Å². The first-order valence-corrected chi connectivity index (χ1v) is 5.34. The molecule has 0 spiro atoms. The van der Waals surface area contributed by atoms with E-state index in [1.54, 1.807) is 5.54 Å². The third kappa shape index (κ3) is 4.13. The second-order valence-corrected chi connectivity index (χ2v) is 3.68. The van der Waals surface area contributed by atoms with Gasteiger partial charge in [-0.3, -0.25) is 4.90 Å². The highest BCUT2D eigenvalue weighted by atomic mass is 35.5.